The number of hydrogen-bond donors (Lipinski definition) is 1. The molecule has 0 amide bonds. The Morgan fingerprint density at radius 3 is 2.60 bits per heavy atom. The quantitative estimate of drug-likeness (QED) is 0.675. The average molecular weight is 276 g/mol. The van der Waals surface area contributed by atoms with Crippen LogP contribution in [0.1, 0.15) is 78.1 Å². The lowest BCUT2D eigenvalue weighted by atomic mass is 9.44. The summed E-state index contributed by atoms with van der Waals surface area (Å²) in [4.78, 5) is 0. The van der Waals surface area contributed by atoms with Crippen molar-refractivity contribution in [2.75, 3.05) is 0 Å². The summed E-state index contributed by atoms with van der Waals surface area (Å²) < 4.78 is 0. The molecular formula is C19H32O. The van der Waals surface area contributed by atoms with E-state index >= 15 is 0 Å². The van der Waals surface area contributed by atoms with Crippen molar-refractivity contribution < 1.29 is 5.11 Å². The van der Waals surface area contributed by atoms with Gasteiger partial charge in [0.2, 0.25) is 0 Å². The van der Waals surface area contributed by atoms with Crippen molar-refractivity contribution >= 4 is 0 Å². The van der Waals surface area contributed by atoms with Gasteiger partial charge in [-0.25, -0.2) is 0 Å². The zero-order valence-electron chi connectivity index (χ0n) is 13.4. The summed E-state index contributed by atoms with van der Waals surface area (Å²) in [6, 6.07) is 0. The van der Waals surface area contributed by atoms with Crippen molar-refractivity contribution in [2.45, 2.75) is 84.2 Å². The van der Waals surface area contributed by atoms with E-state index in [9.17, 15) is 5.11 Å². The molecule has 4 saturated carbocycles. The Morgan fingerprint density at radius 2 is 1.75 bits per heavy atom. The monoisotopic (exact) mass is 276 g/mol. The summed E-state index contributed by atoms with van der Waals surface area (Å²) in [7, 11) is 0. The van der Waals surface area contributed by atoms with Crippen LogP contribution in [0.5, 0.6) is 0 Å². The Bertz CT molecular complexity index is 391. The average Bonchev–Trinajstić information content (AvgIpc) is 2.78. The number of aliphatic hydroxyl groups is 1. The maximum Gasteiger partial charge on any atom is 0.0581 e. The van der Waals surface area contributed by atoms with Gasteiger partial charge in [-0.1, -0.05) is 33.1 Å². The summed E-state index contributed by atoms with van der Waals surface area (Å²) in [5, 5.41) is 11.0. The molecule has 114 valence electrons. The fourth-order valence-corrected chi connectivity index (χ4v) is 7.43. The van der Waals surface area contributed by atoms with E-state index in [1.54, 1.807) is 0 Å². The third-order valence-electron chi connectivity index (χ3n) is 8.29. The van der Waals surface area contributed by atoms with Gasteiger partial charge in [0.1, 0.15) is 0 Å². The number of rotatable bonds is 0. The molecule has 0 spiro atoms. The normalized spacial score (nSPS) is 58.6. The molecule has 0 aromatic carbocycles. The summed E-state index contributed by atoms with van der Waals surface area (Å²) in [5.41, 5.74) is 0.933. The van der Waals surface area contributed by atoms with Gasteiger partial charge < -0.3 is 5.11 Å². The molecule has 0 radical (unpaired) electrons. The van der Waals surface area contributed by atoms with E-state index < -0.39 is 0 Å². The summed E-state index contributed by atoms with van der Waals surface area (Å²) in [6.07, 6.45) is 13.9. The zero-order chi connectivity index (χ0) is 14.0. The predicted octanol–water partition coefficient (Wildman–Crippen LogP) is 4.78. The Morgan fingerprint density at radius 1 is 0.900 bits per heavy atom. The van der Waals surface area contributed by atoms with Crippen molar-refractivity contribution in [2.24, 2.45) is 34.5 Å². The smallest absolute Gasteiger partial charge is 0.0581 e. The minimum atomic E-state index is -0.00903. The van der Waals surface area contributed by atoms with Gasteiger partial charge in [0, 0.05) is 0 Å². The molecule has 0 bridgehead atoms. The molecular weight excluding hydrogens is 244 g/mol. The summed E-state index contributed by atoms with van der Waals surface area (Å²) in [5.74, 6) is 3.30. The first-order valence-corrected chi connectivity index (χ1v) is 9.23. The first-order chi connectivity index (χ1) is 9.55. The highest BCUT2D eigenvalue weighted by atomic mass is 16.3. The van der Waals surface area contributed by atoms with Gasteiger partial charge >= 0.3 is 0 Å². The van der Waals surface area contributed by atoms with E-state index in [0.717, 1.165) is 24.2 Å². The molecule has 0 aromatic heterocycles. The van der Waals surface area contributed by atoms with E-state index in [4.69, 9.17) is 0 Å². The standard InChI is InChI=1S/C19H32O/c1-18-10-5-7-15(18)14-9-8-13-6-3-4-11-19(13,2)17(14)16(20)12-18/h13-17,20H,3-12H2,1-2H3/t13-,14+,15-,16-,17-,18-,19+/m1/s1. The molecule has 1 N–H and O–H groups in total. The van der Waals surface area contributed by atoms with Gasteiger partial charge in [-0.15, -0.1) is 0 Å². The Hall–Kier alpha value is -0.0400. The SMILES string of the molecule is C[C@]12CCC[C@@H]1[C@@H]1CC[C@H]3CCCC[C@]3(C)[C@H]1[C@H](O)C2. The van der Waals surface area contributed by atoms with Crippen LogP contribution < -0.4 is 0 Å². The number of aliphatic hydroxyl groups excluding tert-OH is 1. The van der Waals surface area contributed by atoms with Crippen molar-refractivity contribution in [1.29, 1.82) is 0 Å². The van der Waals surface area contributed by atoms with Crippen molar-refractivity contribution in [1.82, 2.24) is 0 Å². The fourth-order valence-electron chi connectivity index (χ4n) is 7.43. The second kappa shape index (κ2) is 4.48. The van der Waals surface area contributed by atoms with Crippen LogP contribution in [-0.2, 0) is 0 Å². The minimum Gasteiger partial charge on any atom is -0.393 e. The van der Waals surface area contributed by atoms with Crippen molar-refractivity contribution in [3.05, 3.63) is 0 Å². The van der Waals surface area contributed by atoms with Gasteiger partial charge in [0.15, 0.2) is 0 Å². The molecule has 1 nitrogen and oxygen atoms in total. The molecule has 20 heavy (non-hydrogen) atoms. The molecule has 0 aliphatic heterocycles. The minimum absolute atomic E-state index is 0.00903. The second-order valence-electron chi connectivity index (χ2n) is 9.14. The van der Waals surface area contributed by atoms with Crippen LogP contribution in [0.15, 0.2) is 0 Å². The molecule has 0 aromatic rings. The Kier molecular flexibility index (Phi) is 3.05. The van der Waals surface area contributed by atoms with E-state index in [1.165, 1.54) is 57.8 Å². The maximum atomic E-state index is 11.0. The third-order valence-corrected chi connectivity index (χ3v) is 8.29. The Labute approximate surface area is 124 Å². The highest BCUT2D eigenvalue weighted by Gasteiger charge is 2.60. The van der Waals surface area contributed by atoms with E-state index in [0.29, 0.717) is 16.7 Å². The molecule has 0 heterocycles. The van der Waals surface area contributed by atoms with Crippen LogP contribution >= 0.6 is 0 Å². The first kappa shape index (κ1) is 13.6. The lowest BCUT2D eigenvalue weighted by molar-refractivity contribution is -0.162. The number of hydrogen-bond acceptors (Lipinski definition) is 1. The van der Waals surface area contributed by atoms with Gasteiger partial charge in [-0.3, -0.25) is 0 Å². The van der Waals surface area contributed by atoms with Gasteiger partial charge in [0.05, 0.1) is 6.10 Å². The topological polar surface area (TPSA) is 20.2 Å². The van der Waals surface area contributed by atoms with Crippen LogP contribution in [0.4, 0.5) is 0 Å². The predicted molar refractivity (Wildman–Crippen MR) is 82.4 cm³/mol. The van der Waals surface area contributed by atoms with E-state index in [1.807, 2.05) is 0 Å². The molecule has 7 atom stereocenters. The second-order valence-corrected chi connectivity index (χ2v) is 9.14. The molecule has 4 rings (SSSR count). The van der Waals surface area contributed by atoms with Gasteiger partial charge in [-0.05, 0) is 79.4 Å². The van der Waals surface area contributed by atoms with Crippen molar-refractivity contribution in [3.63, 3.8) is 0 Å². The summed E-state index contributed by atoms with van der Waals surface area (Å²) >= 11 is 0. The zero-order valence-corrected chi connectivity index (χ0v) is 13.4. The van der Waals surface area contributed by atoms with Gasteiger partial charge in [-0.2, -0.15) is 0 Å². The molecule has 4 aliphatic carbocycles. The fraction of sp³-hybridized carbons (Fsp3) is 1.00. The van der Waals surface area contributed by atoms with E-state index in [2.05, 4.69) is 13.8 Å². The molecule has 4 aliphatic rings. The lowest BCUT2D eigenvalue weighted by Gasteiger charge is -2.61. The van der Waals surface area contributed by atoms with Crippen LogP contribution in [0.25, 0.3) is 0 Å². The summed E-state index contributed by atoms with van der Waals surface area (Å²) in [6.45, 7) is 5.04. The molecule has 1 heteroatoms. The highest BCUT2D eigenvalue weighted by Crippen LogP contribution is 2.66. The largest absolute Gasteiger partial charge is 0.393 e. The molecule has 0 saturated heterocycles. The van der Waals surface area contributed by atoms with Crippen LogP contribution in [0, 0.1) is 34.5 Å². The first-order valence-electron chi connectivity index (χ1n) is 9.23. The van der Waals surface area contributed by atoms with Crippen LogP contribution in [0.2, 0.25) is 0 Å². The highest BCUT2D eigenvalue weighted by molar-refractivity contribution is 5.09. The third kappa shape index (κ3) is 1.71. The number of fused-ring (bicyclic) bond motifs is 5. The van der Waals surface area contributed by atoms with E-state index in [-0.39, 0.29) is 6.10 Å². The molecule has 4 fully saturated rings. The maximum absolute atomic E-state index is 11.0. The van der Waals surface area contributed by atoms with Crippen LogP contribution in [-0.4, -0.2) is 11.2 Å². The lowest BCUT2D eigenvalue weighted by Crippen LogP contribution is -2.57. The molecule has 0 unspecified atom stereocenters. The van der Waals surface area contributed by atoms with Crippen LogP contribution in [0.3, 0.4) is 0 Å². The van der Waals surface area contributed by atoms with Gasteiger partial charge in [0.25, 0.3) is 0 Å². The van der Waals surface area contributed by atoms with Crippen molar-refractivity contribution in [3.8, 4) is 0 Å². The Balaban J connectivity index is 1.69.